The Morgan fingerprint density at radius 2 is 2.00 bits per heavy atom. The molecule has 0 amide bonds. The highest BCUT2D eigenvalue weighted by Gasteiger charge is 2.16. The zero-order valence-corrected chi connectivity index (χ0v) is 11.3. The number of oxazole rings is 1. The summed E-state index contributed by atoms with van der Waals surface area (Å²) in [5.74, 6) is -0.817. The number of esters is 2. The van der Waals surface area contributed by atoms with Crippen molar-refractivity contribution in [3.63, 3.8) is 0 Å². The average molecular weight is 270 g/mol. The van der Waals surface area contributed by atoms with Crippen molar-refractivity contribution in [3.05, 3.63) is 12.0 Å². The highest BCUT2D eigenvalue weighted by Crippen LogP contribution is 2.13. The first-order chi connectivity index (χ1) is 9.08. The number of carbonyl (C=O) groups is 2. The molecule has 0 unspecified atom stereocenters. The number of rotatable bonds is 7. The van der Waals surface area contributed by atoms with Gasteiger partial charge in [0.25, 0.3) is 6.01 Å². The molecule has 0 bridgehead atoms. The second-order valence-electron chi connectivity index (χ2n) is 3.71. The smallest absolute Gasteiger partial charge is 0.360 e. The molecule has 19 heavy (non-hydrogen) atoms. The van der Waals surface area contributed by atoms with Crippen molar-refractivity contribution in [1.29, 1.82) is 0 Å². The number of hydrogen-bond donors (Lipinski definition) is 0. The Labute approximate surface area is 111 Å². The lowest BCUT2D eigenvalue weighted by Crippen LogP contribution is -2.22. The number of carbonyl (C=O) groups excluding carboxylic acids is 2. The summed E-state index contributed by atoms with van der Waals surface area (Å²) >= 11 is 0. The SMILES string of the molecule is CCOC(=O)CCN(C)c1nc(C(=O)OCC)co1. The van der Waals surface area contributed by atoms with E-state index in [0.717, 1.165) is 0 Å². The number of nitrogens with zero attached hydrogens (tertiary/aromatic N) is 2. The molecule has 1 heterocycles. The van der Waals surface area contributed by atoms with Gasteiger partial charge in [0.05, 0.1) is 19.6 Å². The van der Waals surface area contributed by atoms with E-state index >= 15 is 0 Å². The van der Waals surface area contributed by atoms with Gasteiger partial charge in [0.2, 0.25) is 0 Å². The van der Waals surface area contributed by atoms with Crippen molar-refractivity contribution < 1.29 is 23.5 Å². The lowest BCUT2D eigenvalue weighted by molar-refractivity contribution is -0.142. The van der Waals surface area contributed by atoms with Crippen LogP contribution in [0.25, 0.3) is 0 Å². The van der Waals surface area contributed by atoms with Gasteiger partial charge in [-0.25, -0.2) is 4.79 Å². The number of ether oxygens (including phenoxy) is 2. The van der Waals surface area contributed by atoms with Crippen molar-refractivity contribution in [2.75, 3.05) is 31.7 Å². The summed E-state index contributed by atoms with van der Waals surface area (Å²) < 4.78 is 14.8. The van der Waals surface area contributed by atoms with Gasteiger partial charge in [-0.05, 0) is 13.8 Å². The fourth-order valence-corrected chi connectivity index (χ4v) is 1.33. The van der Waals surface area contributed by atoms with Crippen LogP contribution >= 0.6 is 0 Å². The van der Waals surface area contributed by atoms with Crippen LogP contribution in [0.4, 0.5) is 6.01 Å². The molecule has 0 saturated heterocycles. The van der Waals surface area contributed by atoms with E-state index in [1.807, 2.05) is 0 Å². The molecule has 1 aromatic heterocycles. The number of hydrogen-bond acceptors (Lipinski definition) is 7. The lowest BCUT2D eigenvalue weighted by atomic mass is 10.4. The van der Waals surface area contributed by atoms with E-state index in [1.54, 1.807) is 25.8 Å². The van der Waals surface area contributed by atoms with Crippen molar-refractivity contribution >= 4 is 18.0 Å². The van der Waals surface area contributed by atoms with Crippen molar-refractivity contribution in [3.8, 4) is 0 Å². The molecule has 106 valence electrons. The van der Waals surface area contributed by atoms with Gasteiger partial charge in [0.15, 0.2) is 5.69 Å². The molecule has 0 aliphatic heterocycles. The third-order valence-corrected chi connectivity index (χ3v) is 2.26. The van der Waals surface area contributed by atoms with Crippen molar-refractivity contribution in [2.45, 2.75) is 20.3 Å². The summed E-state index contributed by atoms with van der Waals surface area (Å²) in [5.41, 5.74) is 0.111. The fraction of sp³-hybridized carbons (Fsp3) is 0.583. The highest BCUT2D eigenvalue weighted by atomic mass is 16.5. The van der Waals surface area contributed by atoms with E-state index in [2.05, 4.69) is 4.98 Å². The van der Waals surface area contributed by atoms with Crippen LogP contribution in [0.3, 0.4) is 0 Å². The largest absolute Gasteiger partial charge is 0.466 e. The van der Waals surface area contributed by atoms with Crippen LogP contribution in [0.5, 0.6) is 0 Å². The standard InChI is InChI=1S/C12H18N2O5/c1-4-17-10(15)6-7-14(3)12-13-9(8-19-12)11(16)18-5-2/h8H,4-7H2,1-3H3. The van der Waals surface area contributed by atoms with Crippen molar-refractivity contribution in [1.82, 2.24) is 4.98 Å². The van der Waals surface area contributed by atoms with E-state index in [0.29, 0.717) is 13.2 Å². The maximum absolute atomic E-state index is 11.4. The van der Waals surface area contributed by atoms with Gasteiger partial charge in [0.1, 0.15) is 6.26 Å². The van der Waals surface area contributed by atoms with Gasteiger partial charge in [-0.3, -0.25) is 4.79 Å². The Hall–Kier alpha value is -2.05. The summed E-state index contributed by atoms with van der Waals surface area (Å²) in [6, 6.07) is 0.257. The molecule has 0 spiro atoms. The molecule has 0 saturated carbocycles. The minimum Gasteiger partial charge on any atom is -0.466 e. The molecule has 0 fully saturated rings. The molecule has 0 N–H and O–H groups in total. The molecular formula is C12H18N2O5. The monoisotopic (exact) mass is 270 g/mol. The molecular weight excluding hydrogens is 252 g/mol. The zero-order valence-electron chi connectivity index (χ0n) is 11.3. The second kappa shape index (κ2) is 7.40. The Morgan fingerprint density at radius 3 is 2.63 bits per heavy atom. The molecule has 0 aliphatic carbocycles. The quantitative estimate of drug-likeness (QED) is 0.689. The lowest BCUT2D eigenvalue weighted by Gasteiger charge is -2.13. The van der Waals surface area contributed by atoms with E-state index in [-0.39, 0.29) is 30.7 Å². The third-order valence-electron chi connectivity index (χ3n) is 2.26. The van der Waals surface area contributed by atoms with Gasteiger partial charge in [-0.1, -0.05) is 0 Å². The van der Waals surface area contributed by atoms with Gasteiger partial charge in [0, 0.05) is 13.6 Å². The highest BCUT2D eigenvalue weighted by molar-refractivity contribution is 5.87. The van der Waals surface area contributed by atoms with Crippen LogP contribution in [0, 0.1) is 0 Å². The Kier molecular flexibility index (Phi) is 5.84. The first-order valence-electron chi connectivity index (χ1n) is 6.07. The van der Waals surface area contributed by atoms with Crippen LogP contribution < -0.4 is 4.90 Å². The summed E-state index contributed by atoms with van der Waals surface area (Å²) in [6.07, 6.45) is 1.45. The molecule has 1 rings (SSSR count). The zero-order chi connectivity index (χ0) is 14.3. The Balaban J connectivity index is 2.51. The molecule has 0 aliphatic rings. The molecule has 7 heteroatoms. The summed E-state index contributed by atoms with van der Waals surface area (Å²) in [6.45, 7) is 4.49. The topological polar surface area (TPSA) is 81.9 Å². The van der Waals surface area contributed by atoms with Crippen LogP contribution in [0.2, 0.25) is 0 Å². The third kappa shape index (κ3) is 4.61. The Morgan fingerprint density at radius 1 is 1.32 bits per heavy atom. The molecule has 1 aromatic rings. The first kappa shape index (κ1) is 15.0. The average Bonchev–Trinajstić information content (AvgIpc) is 2.86. The molecule has 0 atom stereocenters. The van der Waals surface area contributed by atoms with Crippen LogP contribution in [-0.2, 0) is 14.3 Å². The molecule has 0 radical (unpaired) electrons. The summed E-state index contributed by atoms with van der Waals surface area (Å²) in [7, 11) is 1.71. The minimum atomic E-state index is -0.531. The summed E-state index contributed by atoms with van der Waals surface area (Å²) in [5, 5.41) is 0. The second-order valence-corrected chi connectivity index (χ2v) is 3.71. The van der Waals surface area contributed by atoms with E-state index in [4.69, 9.17) is 13.9 Å². The van der Waals surface area contributed by atoms with Crippen LogP contribution in [0.15, 0.2) is 10.7 Å². The number of aromatic nitrogens is 1. The fourth-order valence-electron chi connectivity index (χ4n) is 1.33. The van der Waals surface area contributed by atoms with Crippen LogP contribution in [-0.4, -0.2) is 43.7 Å². The number of anilines is 1. The van der Waals surface area contributed by atoms with E-state index in [9.17, 15) is 9.59 Å². The van der Waals surface area contributed by atoms with Gasteiger partial charge < -0.3 is 18.8 Å². The Bertz CT molecular complexity index is 430. The van der Waals surface area contributed by atoms with Crippen LogP contribution in [0.1, 0.15) is 30.8 Å². The van der Waals surface area contributed by atoms with E-state index < -0.39 is 5.97 Å². The molecule has 7 nitrogen and oxygen atoms in total. The van der Waals surface area contributed by atoms with E-state index in [1.165, 1.54) is 6.26 Å². The maximum Gasteiger partial charge on any atom is 0.360 e. The maximum atomic E-state index is 11.4. The predicted octanol–water partition coefficient (Wildman–Crippen LogP) is 1.24. The van der Waals surface area contributed by atoms with Crippen molar-refractivity contribution in [2.24, 2.45) is 0 Å². The first-order valence-corrected chi connectivity index (χ1v) is 6.07. The van der Waals surface area contributed by atoms with Gasteiger partial charge >= 0.3 is 11.9 Å². The predicted molar refractivity (Wildman–Crippen MR) is 67.0 cm³/mol. The van der Waals surface area contributed by atoms with Gasteiger partial charge in [-0.15, -0.1) is 0 Å². The van der Waals surface area contributed by atoms with Gasteiger partial charge in [-0.2, -0.15) is 4.98 Å². The summed E-state index contributed by atoms with van der Waals surface area (Å²) in [4.78, 5) is 28.2. The minimum absolute atomic E-state index is 0.111. The molecule has 0 aromatic carbocycles. The normalized spacial score (nSPS) is 10.1.